The van der Waals surface area contributed by atoms with E-state index in [0.717, 1.165) is 35.8 Å². The van der Waals surface area contributed by atoms with E-state index in [9.17, 15) is 13.2 Å². The number of ether oxygens (including phenoxy) is 1. The Labute approximate surface area is 180 Å². The van der Waals surface area contributed by atoms with Gasteiger partial charge in [0.2, 0.25) is 0 Å². The average Bonchev–Trinajstić information content (AvgIpc) is 3.17. The number of hydrogen-bond donors (Lipinski definition) is 0. The summed E-state index contributed by atoms with van der Waals surface area (Å²) in [6.45, 7) is 1.43. The van der Waals surface area contributed by atoms with Crippen molar-refractivity contribution in [3.8, 4) is 11.6 Å². The Kier molecular flexibility index (Phi) is 5.81. The molecule has 4 rings (SSSR count). The molecule has 0 saturated carbocycles. The standard InChI is InChI=1S/C21H22ClN3O4S/c1-30(27,28)18-3-4-19-15(12-18)6-11-25(19)21-5-2-17(13-23-21)29-16-7-9-24(10-8-16)20(22)14-26/h2-6,11-14,16,20H,7-10H2,1H3. The van der Waals surface area contributed by atoms with Crippen LogP contribution in [0.25, 0.3) is 16.7 Å². The fraction of sp³-hybridized carbons (Fsp3) is 0.333. The molecule has 30 heavy (non-hydrogen) atoms. The molecule has 2 aromatic heterocycles. The zero-order valence-electron chi connectivity index (χ0n) is 16.4. The van der Waals surface area contributed by atoms with E-state index >= 15 is 0 Å². The molecule has 3 heterocycles. The average molecular weight is 448 g/mol. The van der Waals surface area contributed by atoms with Crippen LogP contribution in [0.2, 0.25) is 0 Å². The van der Waals surface area contributed by atoms with Gasteiger partial charge in [0.15, 0.2) is 16.1 Å². The first-order valence-corrected chi connectivity index (χ1v) is 12.0. The summed E-state index contributed by atoms with van der Waals surface area (Å²) in [5.41, 5.74) is 0.304. The van der Waals surface area contributed by atoms with Crippen LogP contribution in [-0.4, -0.2) is 60.1 Å². The van der Waals surface area contributed by atoms with Crippen molar-refractivity contribution in [3.63, 3.8) is 0 Å². The number of aldehydes is 1. The molecule has 7 nitrogen and oxygen atoms in total. The molecule has 1 atom stereocenters. The van der Waals surface area contributed by atoms with Gasteiger partial charge in [-0.25, -0.2) is 13.4 Å². The van der Waals surface area contributed by atoms with Crippen molar-refractivity contribution in [2.75, 3.05) is 19.3 Å². The van der Waals surface area contributed by atoms with Crippen LogP contribution < -0.4 is 4.74 Å². The maximum atomic E-state index is 11.8. The lowest BCUT2D eigenvalue weighted by Gasteiger charge is -2.32. The molecule has 1 fully saturated rings. The smallest absolute Gasteiger partial charge is 0.175 e. The Morgan fingerprint density at radius 3 is 2.60 bits per heavy atom. The number of alkyl halides is 1. The van der Waals surface area contributed by atoms with Crippen molar-refractivity contribution in [2.45, 2.75) is 29.3 Å². The van der Waals surface area contributed by atoms with E-state index < -0.39 is 15.3 Å². The van der Waals surface area contributed by atoms with Crippen LogP contribution in [-0.2, 0) is 14.6 Å². The highest BCUT2D eigenvalue weighted by Gasteiger charge is 2.24. The van der Waals surface area contributed by atoms with Crippen molar-refractivity contribution < 1.29 is 17.9 Å². The van der Waals surface area contributed by atoms with Gasteiger partial charge in [-0.3, -0.25) is 4.90 Å². The molecule has 0 radical (unpaired) electrons. The second-order valence-corrected chi connectivity index (χ2v) is 9.86. The number of sulfone groups is 1. The first-order valence-electron chi connectivity index (χ1n) is 9.63. The lowest BCUT2D eigenvalue weighted by molar-refractivity contribution is -0.110. The van der Waals surface area contributed by atoms with Crippen LogP contribution in [0.15, 0.2) is 53.7 Å². The number of rotatable bonds is 6. The number of hydrogen-bond acceptors (Lipinski definition) is 6. The van der Waals surface area contributed by atoms with Crippen molar-refractivity contribution >= 4 is 38.6 Å². The van der Waals surface area contributed by atoms with Gasteiger partial charge in [-0.2, -0.15) is 0 Å². The van der Waals surface area contributed by atoms with Crippen LogP contribution in [0.1, 0.15) is 12.8 Å². The molecule has 0 bridgehead atoms. The third-order valence-corrected chi connectivity index (χ3v) is 6.79. The van der Waals surface area contributed by atoms with E-state index in [1.54, 1.807) is 24.4 Å². The highest BCUT2D eigenvalue weighted by molar-refractivity contribution is 7.90. The molecule has 1 aliphatic rings. The monoisotopic (exact) mass is 447 g/mol. The number of carbonyl (C=O) groups is 1. The Hall–Kier alpha value is -2.42. The van der Waals surface area contributed by atoms with Crippen LogP contribution in [0, 0.1) is 0 Å². The summed E-state index contributed by atoms with van der Waals surface area (Å²) in [6.07, 6.45) is 7.16. The van der Waals surface area contributed by atoms with Crippen molar-refractivity contribution in [2.24, 2.45) is 0 Å². The van der Waals surface area contributed by atoms with Crippen molar-refractivity contribution in [3.05, 3.63) is 48.8 Å². The fourth-order valence-corrected chi connectivity index (χ4v) is 4.51. The summed E-state index contributed by atoms with van der Waals surface area (Å²) in [5, 5.41) is 0.833. The molecule has 1 unspecified atom stereocenters. The molecule has 1 saturated heterocycles. The largest absolute Gasteiger partial charge is 0.489 e. The number of nitrogens with zero attached hydrogens (tertiary/aromatic N) is 3. The second kappa shape index (κ2) is 8.37. The Morgan fingerprint density at radius 1 is 1.20 bits per heavy atom. The van der Waals surface area contributed by atoms with Gasteiger partial charge < -0.3 is 14.1 Å². The van der Waals surface area contributed by atoms with Gasteiger partial charge in [0.05, 0.1) is 16.6 Å². The highest BCUT2D eigenvalue weighted by atomic mass is 35.5. The number of pyridine rings is 1. The molecule has 0 aliphatic carbocycles. The second-order valence-electron chi connectivity index (χ2n) is 7.39. The van der Waals surface area contributed by atoms with Crippen LogP contribution in [0.4, 0.5) is 0 Å². The van der Waals surface area contributed by atoms with Gasteiger partial charge in [-0.1, -0.05) is 11.6 Å². The summed E-state index contributed by atoms with van der Waals surface area (Å²) in [7, 11) is -3.25. The predicted octanol–water partition coefficient (Wildman–Crippen LogP) is 3.04. The van der Waals surface area contributed by atoms with Gasteiger partial charge in [0, 0.05) is 30.9 Å². The number of carbonyl (C=O) groups excluding carboxylic acids is 1. The first kappa shape index (κ1) is 20.8. The molecule has 0 N–H and O–H groups in total. The van der Waals surface area contributed by atoms with Crippen molar-refractivity contribution in [1.29, 1.82) is 0 Å². The number of likely N-dealkylation sites (tertiary alicyclic amines) is 1. The molecule has 9 heteroatoms. The van der Waals surface area contributed by atoms with Gasteiger partial charge in [0.1, 0.15) is 23.2 Å². The van der Waals surface area contributed by atoms with Gasteiger partial charge >= 0.3 is 0 Å². The number of halogens is 1. The SMILES string of the molecule is CS(=O)(=O)c1ccc2c(ccn2-c2ccc(OC3CCN(C(Cl)C=O)CC3)cn2)c1. The lowest BCUT2D eigenvalue weighted by atomic mass is 10.1. The summed E-state index contributed by atoms with van der Waals surface area (Å²) < 4.78 is 31.5. The molecule has 1 aromatic carbocycles. The van der Waals surface area contributed by atoms with Crippen molar-refractivity contribution in [1.82, 2.24) is 14.5 Å². The van der Waals surface area contributed by atoms with Gasteiger partial charge in [0.25, 0.3) is 0 Å². The summed E-state index contributed by atoms with van der Waals surface area (Å²) >= 11 is 5.97. The zero-order chi connectivity index (χ0) is 21.3. The Morgan fingerprint density at radius 2 is 1.97 bits per heavy atom. The lowest BCUT2D eigenvalue weighted by Crippen LogP contribution is -2.42. The number of piperidine rings is 1. The number of aromatic nitrogens is 2. The van der Waals surface area contributed by atoms with E-state index in [4.69, 9.17) is 16.3 Å². The Balaban J connectivity index is 1.46. The summed E-state index contributed by atoms with van der Waals surface area (Å²) in [5.74, 6) is 1.40. The molecular weight excluding hydrogens is 426 g/mol. The minimum absolute atomic E-state index is 0.0613. The van der Waals surface area contributed by atoms with E-state index in [2.05, 4.69) is 4.98 Å². The topological polar surface area (TPSA) is 81.5 Å². The molecular formula is C21H22ClN3O4S. The summed E-state index contributed by atoms with van der Waals surface area (Å²) in [4.78, 5) is 17.5. The van der Waals surface area contributed by atoms with Crippen LogP contribution >= 0.6 is 11.6 Å². The minimum atomic E-state index is -3.25. The van der Waals surface area contributed by atoms with Gasteiger partial charge in [-0.05, 0) is 49.2 Å². The highest BCUT2D eigenvalue weighted by Crippen LogP contribution is 2.25. The molecule has 158 valence electrons. The quantitative estimate of drug-likeness (QED) is 0.328. The Bertz CT molecular complexity index is 1150. The third kappa shape index (κ3) is 4.35. The normalized spacial score (nSPS) is 17.1. The maximum Gasteiger partial charge on any atom is 0.175 e. The van der Waals surface area contributed by atoms with E-state index in [0.29, 0.717) is 23.7 Å². The minimum Gasteiger partial charge on any atom is -0.489 e. The summed E-state index contributed by atoms with van der Waals surface area (Å²) in [6, 6.07) is 10.7. The predicted molar refractivity (Wildman–Crippen MR) is 115 cm³/mol. The van der Waals surface area contributed by atoms with E-state index in [1.165, 1.54) is 6.26 Å². The first-order chi connectivity index (χ1) is 14.3. The molecule has 0 amide bonds. The number of benzene rings is 1. The van der Waals surface area contributed by atoms with E-state index in [1.807, 2.05) is 33.9 Å². The third-order valence-electron chi connectivity index (χ3n) is 5.30. The maximum absolute atomic E-state index is 11.8. The number of fused-ring (bicyclic) bond motifs is 1. The van der Waals surface area contributed by atoms with Gasteiger partial charge in [-0.15, -0.1) is 0 Å². The molecule has 3 aromatic rings. The van der Waals surface area contributed by atoms with Crippen LogP contribution in [0.5, 0.6) is 5.75 Å². The molecule has 0 spiro atoms. The van der Waals surface area contributed by atoms with Crippen LogP contribution in [0.3, 0.4) is 0 Å². The molecule has 1 aliphatic heterocycles. The fourth-order valence-electron chi connectivity index (χ4n) is 3.65. The zero-order valence-corrected chi connectivity index (χ0v) is 18.0. The van der Waals surface area contributed by atoms with E-state index in [-0.39, 0.29) is 6.10 Å².